The predicted octanol–water partition coefficient (Wildman–Crippen LogP) is 1.02. The van der Waals surface area contributed by atoms with E-state index in [-0.39, 0.29) is 5.41 Å². The molecule has 6 heteroatoms. The zero-order valence-corrected chi connectivity index (χ0v) is 16.3. The molecule has 146 valence electrons. The topological polar surface area (TPSA) is 47.1 Å². The van der Waals surface area contributed by atoms with Gasteiger partial charge in [-0.1, -0.05) is 6.92 Å². The number of rotatable bonds is 4. The van der Waals surface area contributed by atoms with E-state index in [1.54, 1.807) is 0 Å². The highest BCUT2D eigenvalue weighted by atomic mass is 16.2. The van der Waals surface area contributed by atoms with E-state index in [0.717, 1.165) is 65.2 Å². The molecule has 0 aromatic rings. The van der Waals surface area contributed by atoms with E-state index in [2.05, 4.69) is 26.5 Å². The van der Waals surface area contributed by atoms with Crippen molar-refractivity contribution < 1.29 is 9.59 Å². The fourth-order valence-electron chi connectivity index (χ4n) is 5.07. The van der Waals surface area contributed by atoms with E-state index in [4.69, 9.17) is 0 Å². The number of likely N-dealkylation sites (N-methyl/N-ethyl adjacent to an activating group) is 1. The van der Waals surface area contributed by atoms with Crippen LogP contribution in [0.5, 0.6) is 0 Å². The van der Waals surface area contributed by atoms with E-state index in [9.17, 15) is 9.59 Å². The van der Waals surface area contributed by atoms with E-state index < -0.39 is 0 Å². The molecule has 1 spiro atoms. The average Bonchev–Trinajstić information content (AvgIpc) is 3.50. The van der Waals surface area contributed by atoms with Crippen LogP contribution in [-0.2, 0) is 9.59 Å². The molecule has 4 fully saturated rings. The minimum Gasteiger partial charge on any atom is -0.341 e. The standard InChI is InChI=1S/C20H34N4O2/c1-2-21-10-12-22(13-11-21)14-19(26)23-9-3-7-20(15-23)8-6-18(25)24(16-20)17-4-5-17/h17H,2-16H2,1H3. The summed E-state index contributed by atoms with van der Waals surface area (Å²) in [7, 11) is 0. The summed E-state index contributed by atoms with van der Waals surface area (Å²) >= 11 is 0. The summed E-state index contributed by atoms with van der Waals surface area (Å²) in [6.45, 7) is 10.7. The first-order chi connectivity index (χ1) is 12.6. The summed E-state index contributed by atoms with van der Waals surface area (Å²) < 4.78 is 0. The lowest BCUT2D eigenvalue weighted by Crippen LogP contribution is -2.57. The Hall–Kier alpha value is -1.14. The molecule has 6 nitrogen and oxygen atoms in total. The molecule has 2 amide bonds. The second-order valence-corrected chi connectivity index (χ2v) is 8.88. The molecule has 1 aliphatic carbocycles. The molecular formula is C20H34N4O2. The second-order valence-electron chi connectivity index (χ2n) is 8.88. The van der Waals surface area contributed by atoms with Gasteiger partial charge in [0.15, 0.2) is 0 Å². The summed E-state index contributed by atoms with van der Waals surface area (Å²) in [6.07, 6.45) is 6.25. The molecular weight excluding hydrogens is 328 g/mol. The minimum atomic E-state index is 0.158. The van der Waals surface area contributed by atoms with Crippen molar-refractivity contribution in [2.45, 2.75) is 51.5 Å². The number of hydrogen-bond donors (Lipinski definition) is 0. The van der Waals surface area contributed by atoms with Crippen LogP contribution in [0.1, 0.15) is 45.4 Å². The van der Waals surface area contributed by atoms with Crippen molar-refractivity contribution in [3.05, 3.63) is 0 Å². The van der Waals surface area contributed by atoms with Crippen LogP contribution in [0.2, 0.25) is 0 Å². The summed E-state index contributed by atoms with van der Waals surface area (Å²) in [5.74, 6) is 0.638. The van der Waals surface area contributed by atoms with Gasteiger partial charge < -0.3 is 14.7 Å². The molecule has 4 aliphatic rings. The largest absolute Gasteiger partial charge is 0.341 e. The molecule has 0 aromatic heterocycles. The van der Waals surface area contributed by atoms with Gasteiger partial charge in [-0.3, -0.25) is 14.5 Å². The Balaban J connectivity index is 1.33. The molecule has 3 aliphatic heterocycles. The first-order valence-electron chi connectivity index (χ1n) is 10.6. The number of carbonyl (C=O) groups is 2. The van der Waals surface area contributed by atoms with Gasteiger partial charge in [-0.15, -0.1) is 0 Å². The second kappa shape index (κ2) is 7.47. The van der Waals surface area contributed by atoms with Crippen LogP contribution in [0.3, 0.4) is 0 Å². The summed E-state index contributed by atoms with van der Waals surface area (Å²) in [5.41, 5.74) is 0.158. The van der Waals surface area contributed by atoms with Crippen molar-refractivity contribution in [3.63, 3.8) is 0 Å². The molecule has 0 radical (unpaired) electrons. The highest BCUT2D eigenvalue weighted by Crippen LogP contribution is 2.42. The van der Waals surface area contributed by atoms with Crippen LogP contribution < -0.4 is 0 Å². The summed E-state index contributed by atoms with van der Waals surface area (Å²) in [4.78, 5) is 34.2. The van der Waals surface area contributed by atoms with Gasteiger partial charge in [0.1, 0.15) is 0 Å². The van der Waals surface area contributed by atoms with Gasteiger partial charge in [-0.2, -0.15) is 0 Å². The molecule has 3 heterocycles. The van der Waals surface area contributed by atoms with Gasteiger partial charge in [0.25, 0.3) is 0 Å². The average molecular weight is 363 g/mol. The molecule has 26 heavy (non-hydrogen) atoms. The molecule has 1 atom stereocenters. The molecule has 3 saturated heterocycles. The molecule has 0 bridgehead atoms. The number of piperidine rings is 2. The van der Waals surface area contributed by atoms with Crippen LogP contribution in [-0.4, -0.2) is 96.4 Å². The lowest BCUT2D eigenvalue weighted by atomic mass is 9.73. The SMILES string of the molecule is CCN1CCN(CC(=O)N2CCCC3(CCC(=O)N(C4CC4)C3)C2)CC1. The highest BCUT2D eigenvalue weighted by molar-refractivity contribution is 5.79. The predicted molar refractivity (Wildman–Crippen MR) is 101 cm³/mol. The van der Waals surface area contributed by atoms with Gasteiger partial charge in [-0.25, -0.2) is 0 Å². The Bertz CT molecular complexity index is 542. The van der Waals surface area contributed by atoms with Crippen LogP contribution in [0.4, 0.5) is 0 Å². The maximum Gasteiger partial charge on any atom is 0.236 e. The summed E-state index contributed by atoms with van der Waals surface area (Å²) in [5, 5.41) is 0. The van der Waals surface area contributed by atoms with Crippen LogP contribution in [0, 0.1) is 5.41 Å². The number of amides is 2. The molecule has 1 unspecified atom stereocenters. The van der Waals surface area contributed by atoms with Crippen LogP contribution in [0.15, 0.2) is 0 Å². The molecule has 4 rings (SSSR count). The zero-order valence-electron chi connectivity index (χ0n) is 16.3. The van der Waals surface area contributed by atoms with Gasteiger partial charge in [0.2, 0.25) is 11.8 Å². The van der Waals surface area contributed by atoms with Crippen molar-refractivity contribution in [1.29, 1.82) is 0 Å². The van der Waals surface area contributed by atoms with Gasteiger partial charge in [-0.05, 0) is 38.6 Å². The smallest absolute Gasteiger partial charge is 0.236 e. The van der Waals surface area contributed by atoms with E-state index in [1.807, 2.05) is 0 Å². The normalized spacial score (nSPS) is 31.7. The maximum absolute atomic E-state index is 12.9. The third kappa shape index (κ3) is 3.91. The first-order valence-corrected chi connectivity index (χ1v) is 10.6. The van der Waals surface area contributed by atoms with Crippen LogP contribution >= 0.6 is 0 Å². The van der Waals surface area contributed by atoms with Crippen molar-refractivity contribution >= 4 is 11.8 Å². The van der Waals surface area contributed by atoms with Crippen molar-refractivity contribution in [2.75, 3.05) is 58.9 Å². The molecule has 1 saturated carbocycles. The monoisotopic (exact) mass is 362 g/mol. The number of hydrogen-bond acceptors (Lipinski definition) is 4. The summed E-state index contributed by atoms with van der Waals surface area (Å²) in [6, 6.07) is 0.501. The third-order valence-corrected chi connectivity index (χ3v) is 6.97. The maximum atomic E-state index is 12.9. The third-order valence-electron chi connectivity index (χ3n) is 6.97. The van der Waals surface area contributed by atoms with Gasteiger partial charge in [0.05, 0.1) is 6.54 Å². The lowest BCUT2D eigenvalue weighted by Gasteiger charge is -2.48. The van der Waals surface area contributed by atoms with E-state index in [0.29, 0.717) is 30.8 Å². The van der Waals surface area contributed by atoms with Gasteiger partial charge >= 0.3 is 0 Å². The highest BCUT2D eigenvalue weighted by Gasteiger charge is 2.46. The van der Waals surface area contributed by atoms with Crippen LogP contribution in [0.25, 0.3) is 0 Å². The fourth-order valence-corrected chi connectivity index (χ4v) is 5.07. The van der Waals surface area contributed by atoms with E-state index in [1.165, 1.54) is 19.3 Å². The number of carbonyl (C=O) groups excluding carboxylic acids is 2. The Morgan fingerprint density at radius 3 is 2.46 bits per heavy atom. The fraction of sp³-hybridized carbons (Fsp3) is 0.900. The Labute approximate surface area is 157 Å². The Kier molecular flexibility index (Phi) is 5.24. The number of likely N-dealkylation sites (tertiary alicyclic amines) is 2. The first kappa shape index (κ1) is 18.2. The van der Waals surface area contributed by atoms with E-state index >= 15 is 0 Å². The molecule has 0 aromatic carbocycles. The van der Waals surface area contributed by atoms with Gasteiger partial charge in [0, 0.05) is 63.7 Å². The van der Waals surface area contributed by atoms with Crippen molar-refractivity contribution in [2.24, 2.45) is 5.41 Å². The van der Waals surface area contributed by atoms with Crippen molar-refractivity contribution in [1.82, 2.24) is 19.6 Å². The minimum absolute atomic E-state index is 0.158. The Morgan fingerprint density at radius 2 is 1.77 bits per heavy atom. The van der Waals surface area contributed by atoms with Crippen molar-refractivity contribution in [3.8, 4) is 0 Å². The number of nitrogens with zero attached hydrogens (tertiary/aromatic N) is 4. The quantitative estimate of drug-likeness (QED) is 0.749. The molecule has 0 N–H and O–H groups in total. The zero-order chi connectivity index (χ0) is 18.1. The number of piperazine rings is 1. The Morgan fingerprint density at radius 1 is 1.04 bits per heavy atom. The lowest BCUT2D eigenvalue weighted by molar-refractivity contribution is -0.144.